The molecule has 1 amide bonds. The lowest BCUT2D eigenvalue weighted by Crippen LogP contribution is -2.31. The Morgan fingerprint density at radius 3 is 2.96 bits per heavy atom. The van der Waals surface area contributed by atoms with Gasteiger partial charge >= 0.3 is 0 Å². The highest BCUT2D eigenvalue weighted by Gasteiger charge is 2.29. The fourth-order valence-electron chi connectivity index (χ4n) is 2.59. The third kappa shape index (κ3) is 4.00. The van der Waals surface area contributed by atoms with E-state index in [1.54, 1.807) is 23.9 Å². The van der Waals surface area contributed by atoms with E-state index in [1.165, 1.54) is 16.9 Å². The molecule has 4 rings (SSSR count). The van der Waals surface area contributed by atoms with E-state index in [1.807, 2.05) is 24.3 Å². The number of halogens is 1. The van der Waals surface area contributed by atoms with Gasteiger partial charge in [-0.15, -0.1) is 10.2 Å². The number of ether oxygens (including phenoxy) is 1. The molecule has 5 nitrogen and oxygen atoms in total. The van der Waals surface area contributed by atoms with Crippen LogP contribution in [0.2, 0.25) is 5.02 Å². The lowest BCUT2D eigenvalue weighted by Gasteiger charge is -2.08. The minimum Gasteiger partial charge on any atom is -0.480 e. The van der Waals surface area contributed by atoms with Crippen molar-refractivity contribution < 1.29 is 9.53 Å². The summed E-state index contributed by atoms with van der Waals surface area (Å²) in [5, 5.41) is 12.1. The van der Waals surface area contributed by atoms with E-state index in [-0.39, 0.29) is 5.91 Å². The molecule has 1 N–H and O–H groups in total. The number of carbonyl (C=O) groups is 1. The number of nitrogens with one attached hydrogen (secondary N) is 1. The topological polar surface area (TPSA) is 64.1 Å². The average Bonchev–Trinajstić information content (AvgIpc) is 3.27. The molecule has 2 heterocycles. The number of amides is 1. The first-order chi connectivity index (χ1) is 12.7. The van der Waals surface area contributed by atoms with Gasteiger partial charge in [-0.25, -0.2) is 0 Å². The van der Waals surface area contributed by atoms with Gasteiger partial charge < -0.3 is 4.74 Å². The number of carbonyl (C=O) groups excluding carboxylic acids is 1. The Morgan fingerprint density at radius 2 is 2.12 bits per heavy atom. The highest BCUT2D eigenvalue weighted by Crippen LogP contribution is 2.32. The van der Waals surface area contributed by atoms with Gasteiger partial charge in [-0.2, -0.15) is 0 Å². The van der Waals surface area contributed by atoms with E-state index in [4.69, 9.17) is 16.3 Å². The Bertz CT molecular complexity index is 933. The maximum absolute atomic E-state index is 12.4. The van der Waals surface area contributed by atoms with Gasteiger partial charge in [0.05, 0.1) is 0 Å². The molecule has 2 aromatic carbocycles. The van der Waals surface area contributed by atoms with Gasteiger partial charge in [0.1, 0.15) is 5.75 Å². The highest BCUT2D eigenvalue weighted by atomic mass is 35.5. The van der Waals surface area contributed by atoms with Crippen molar-refractivity contribution in [3.8, 4) is 5.75 Å². The normalized spacial score (nSPS) is 15.3. The molecule has 26 heavy (non-hydrogen) atoms. The SMILES string of the molecule is O=C(Nc1nnc(SCc2ccccc2)s1)[C@@H]1Cc2cc(Cl)ccc2O1. The molecule has 1 aliphatic rings. The number of fused-ring (bicyclic) bond motifs is 1. The Hall–Kier alpha value is -2.09. The van der Waals surface area contributed by atoms with E-state index in [0.29, 0.717) is 22.3 Å². The van der Waals surface area contributed by atoms with Gasteiger partial charge in [-0.05, 0) is 29.3 Å². The molecule has 1 atom stereocenters. The fraction of sp³-hybridized carbons (Fsp3) is 0.167. The molecule has 0 bridgehead atoms. The number of hydrogen-bond donors (Lipinski definition) is 1. The molecular formula is C18H14ClN3O2S2. The minimum atomic E-state index is -0.576. The lowest BCUT2D eigenvalue weighted by molar-refractivity contribution is -0.122. The van der Waals surface area contributed by atoms with Gasteiger partial charge in [0, 0.05) is 17.2 Å². The largest absolute Gasteiger partial charge is 0.480 e. The Kier molecular flexibility index (Phi) is 5.10. The second-order valence-corrected chi connectivity index (χ2v) is 8.34. The summed E-state index contributed by atoms with van der Waals surface area (Å²) in [6.45, 7) is 0. The van der Waals surface area contributed by atoms with Crippen LogP contribution in [0.25, 0.3) is 0 Å². The lowest BCUT2D eigenvalue weighted by atomic mass is 10.1. The first-order valence-corrected chi connectivity index (χ1v) is 10.1. The van der Waals surface area contributed by atoms with Crippen LogP contribution in [0.4, 0.5) is 5.13 Å². The number of thioether (sulfide) groups is 1. The van der Waals surface area contributed by atoms with Crippen LogP contribution in [0.3, 0.4) is 0 Å². The molecule has 0 radical (unpaired) electrons. The van der Waals surface area contributed by atoms with Gasteiger partial charge in [0.2, 0.25) is 5.13 Å². The van der Waals surface area contributed by atoms with Gasteiger partial charge in [0.25, 0.3) is 5.91 Å². The van der Waals surface area contributed by atoms with Crippen LogP contribution in [0, 0.1) is 0 Å². The number of nitrogens with zero attached hydrogens (tertiary/aromatic N) is 2. The van der Waals surface area contributed by atoms with E-state index in [9.17, 15) is 4.79 Å². The monoisotopic (exact) mass is 403 g/mol. The number of rotatable bonds is 5. The summed E-state index contributed by atoms with van der Waals surface area (Å²) in [4.78, 5) is 12.4. The average molecular weight is 404 g/mol. The van der Waals surface area contributed by atoms with Gasteiger partial charge in [-0.1, -0.05) is 65.0 Å². The second-order valence-electron chi connectivity index (χ2n) is 5.70. The molecule has 0 spiro atoms. The van der Waals surface area contributed by atoms with Crippen molar-refractivity contribution >= 4 is 45.7 Å². The molecule has 1 aromatic heterocycles. The quantitative estimate of drug-likeness (QED) is 0.504. The van der Waals surface area contributed by atoms with E-state index in [0.717, 1.165) is 15.7 Å². The van der Waals surface area contributed by atoms with Crippen molar-refractivity contribution in [2.24, 2.45) is 0 Å². The molecule has 0 saturated heterocycles. The number of anilines is 1. The molecule has 0 unspecified atom stereocenters. The third-order valence-corrected chi connectivity index (χ3v) is 6.11. The van der Waals surface area contributed by atoms with Crippen LogP contribution in [0.1, 0.15) is 11.1 Å². The van der Waals surface area contributed by atoms with Crippen LogP contribution in [0.5, 0.6) is 5.75 Å². The van der Waals surface area contributed by atoms with Crippen molar-refractivity contribution in [3.63, 3.8) is 0 Å². The summed E-state index contributed by atoms with van der Waals surface area (Å²) in [6, 6.07) is 15.5. The van der Waals surface area contributed by atoms with Crippen molar-refractivity contribution in [1.82, 2.24) is 10.2 Å². The second kappa shape index (κ2) is 7.65. The van der Waals surface area contributed by atoms with Crippen molar-refractivity contribution in [2.75, 3.05) is 5.32 Å². The predicted octanol–water partition coefficient (Wildman–Crippen LogP) is 4.43. The maximum Gasteiger partial charge on any atom is 0.267 e. The summed E-state index contributed by atoms with van der Waals surface area (Å²) in [5.41, 5.74) is 2.16. The first kappa shape index (κ1) is 17.3. The van der Waals surface area contributed by atoms with E-state index < -0.39 is 6.10 Å². The van der Waals surface area contributed by atoms with E-state index in [2.05, 4.69) is 27.6 Å². The Balaban J connectivity index is 1.33. The molecule has 132 valence electrons. The smallest absolute Gasteiger partial charge is 0.267 e. The van der Waals surface area contributed by atoms with Gasteiger partial charge in [-0.3, -0.25) is 10.1 Å². The summed E-state index contributed by atoms with van der Waals surface area (Å²) >= 11 is 8.93. The zero-order valence-corrected chi connectivity index (χ0v) is 15.9. The standard InChI is InChI=1S/C18H14ClN3O2S2/c19-13-6-7-14-12(8-13)9-15(24-14)16(23)20-17-21-22-18(26-17)25-10-11-4-2-1-3-5-11/h1-8,15H,9-10H2,(H,20,21,23)/t15-/m0/s1. The van der Waals surface area contributed by atoms with Crippen LogP contribution in [-0.4, -0.2) is 22.2 Å². The third-order valence-electron chi connectivity index (χ3n) is 3.83. The summed E-state index contributed by atoms with van der Waals surface area (Å²) in [6.07, 6.45) is -0.0799. The van der Waals surface area contributed by atoms with Gasteiger partial charge in [0.15, 0.2) is 10.4 Å². The molecule has 0 aliphatic carbocycles. The summed E-state index contributed by atoms with van der Waals surface area (Å²) in [5.74, 6) is 1.28. The Labute approximate surface area is 163 Å². The van der Waals surface area contributed by atoms with Crippen LogP contribution < -0.4 is 10.1 Å². The van der Waals surface area contributed by atoms with Crippen LogP contribution in [-0.2, 0) is 17.0 Å². The number of benzene rings is 2. The molecule has 0 saturated carbocycles. The predicted molar refractivity (Wildman–Crippen MR) is 104 cm³/mol. The van der Waals surface area contributed by atoms with Crippen LogP contribution >= 0.6 is 34.7 Å². The van der Waals surface area contributed by atoms with Crippen LogP contribution in [0.15, 0.2) is 52.9 Å². The zero-order valence-electron chi connectivity index (χ0n) is 13.5. The maximum atomic E-state index is 12.4. The fourth-order valence-corrected chi connectivity index (χ4v) is 4.49. The van der Waals surface area contributed by atoms with Crippen molar-refractivity contribution in [1.29, 1.82) is 0 Å². The van der Waals surface area contributed by atoms with E-state index >= 15 is 0 Å². The zero-order chi connectivity index (χ0) is 17.9. The minimum absolute atomic E-state index is 0.229. The number of aromatic nitrogens is 2. The molecule has 0 fully saturated rings. The van der Waals surface area contributed by atoms with Crippen molar-refractivity contribution in [3.05, 3.63) is 64.7 Å². The summed E-state index contributed by atoms with van der Waals surface area (Å²) in [7, 11) is 0. The Morgan fingerprint density at radius 1 is 1.27 bits per heavy atom. The molecule has 3 aromatic rings. The van der Waals surface area contributed by atoms with Crippen molar-refractivity contribution in [2.45, 2.75) is 22.6 Å². The molecular weight excluding hydrogens is 390 g/mol. The first-order valence-electron chi connectivity index (χ1n) is 7.93. The summed E-state index contributed by atoms with van der Waals surface area (Å²) < 4.78 is 6.50. The molecule has 1 aliphatic heterocycles. The highest BCUT2D eigenvalue weighted by molar-refractivity contribution is 8.00. The molecule has 8 heteroatoms. The number of hydrogen-bond acceptors (Lipinski definition) is 6.